The average molecular weight is 338 g/mol. The van der Waals surface area contributed by atoms with E-state index >= 15 is 0 Å². The summed E-state index contributed by atoms with van der Waals surface area (Å²) in [5.74, 6) is 0. The Balaban J connectivity index is 1.75. The third-order valence-corrected chi connectivity index (χ3v) is 4.23. The minimum atomic E-state index is -0.414. The molecule has 1 heterocycles. The van der Waals surface area contributed by atoms with E-state index in [9.17, 15) is 10.1 Å². The average Bonchev–Trinajstić information content (AvgIpc) is 3.11. The Morgan fingerprint density at radius 3 is 2.54 bits per heavy atom. The van der Waals surface area contributed by atoms with Gasteiger partial charge in [-0.05, 0) is 17.7 Å². The number of non-ortho nitro benzene ring substituents is 1. The normalized spacial score (nSPS) is 10.9. The summed E-state index contributed by atoms with van der Waals surface area (Å²) in [7, 11) is 1.83. The summed E-state index contributed by atoms with van der Waals surface area (Å²) >= 11 is 1.47. The molecule has 120 valence electrons. The number of nitrogens with zero attached hydrogens (tertiary/aromatic N) is 4. The van der Waals surface area contributed by atoms with Crippen LogP contribution in [0.3, 0.4) is 0 Å². The number of aromatic nitrogens is 1. The number of hydrazone groups is 1. The van der Waals surface area contributed by atoms with Gasteiger partial charge in [-0.3, -0.25) is 10.1 Å². The zero-order chi connectivity index (χ0) is 16.9. The fourth-order valence-electron chi connectivity index (χ4n) is 2.04. The lowest BCUT2D eigenvalue weighted by molar-refractivity contribution is -0.384. The molecule has 0 unspecified atom stereocenters. The molecule has 0 spiro atoms. The van der Waals surface area contributed by atoms with Gasteiger partial charge in [-0.15, -0.1) is 11.3 Å². The molecule has 0 saturated heterocycles. The predicted octanol–water partition coefficient (Wildman–Crippen LogP) is 4.19. The van der Waals surface area contributed by atoms with Crippen LogP contribution in [0, 0.1) is 10.1 Å². The standard InChI is InChI=1S/C17H14N4O2S/c1-20(18-11-13-5-3-2-4-6-13)17-19-16(12-24-17)14-7-9-15(10-8-14)21(22)23/h2-12H,1H3/b18-11-. The second-order valence-corrected chi connectivity index (χ2v) is 5.83. The molecule has 2 aromatic carbocycles. The highest BCUT2D eigenvalue weighted by Crippen LogP contribution is 2.28. The first-order chi connectivity index (χ1) is 11.6. The summed E-state index contributed by atoms with van der Waals surface area (Å²) in [6, 6.07) is 16.2. The summed E-state index contributed by atoms with van der Waals surface area (Å²) in [5, 5.41) is 19.4. The van der Waals surface area contributed by atoms with E-state index in [0.29, 0.717) is 0 Å². The summed E-state index contributed by atoms with van der Waals surface area (Å²) in [6.45, 7) is 0. The fourth-order valence-corrected chi connectivity index (χ4v) is 2.80. The molecule has 0 radical (unpaired) electrons. The van der Waals surface area contributed by atoms with Crippen molar-refractivity contribution in [3.8, 4) is 11.3 Å². The number of hydrogen-bond acceptors (Lipinski definition) is 6. The number of benzene rings is 2. The Morgan fingerprint density at radius 1 is 1.17 bits per heavy atom. The molecule has 3 aromatic rings. The number of thiazole rings is 1. The molecule has 0 aliphatic rings. The van der Waals surface area contributed by atoms with Crippen LogP contribution in [-0.4, -0.2) is 23.2 Å². The van der Waals surface area contributed by atoms with Crippen molar-refractivity contribution in [2.24, 2.45) is 5.10 Å². The van der Waals surface area contributed by atoms with Crippen LogP contribution in [-0.2, 0) is 0 Å². The lowest BCUT2D eigenvalue weighted by atomic mass is 10.1. The smallest absolute Gasteiger partial charge is 0.258 e. The predicted molar refractivity (Wildman–Crippen MR) is 96.6 cm³/mol. The van der Waals surface area contributed by atoms with Crippen LogP contribution < -0.4 is 5.01 Å². The summed E-state index contributed by atoms with van der Waals surface area (Å²) in [4.78, 5) is 14.8. The molecule has 24 heavy (non-hydrogen) atoms. The van der Waals surface area contributed by atoms with Gasteiger partial charge in [0.25, 0.3) is 5.69 Å². The van der Waals surface area contributed by atoms with Crippen molar-refractivity contribution in [1.82, 2.24) is 4.98 Å². The van der Waals surface area contributed by atoms with Gasteiger partial charge in [0.1, 0.15) is 0 Å². The second-order valence-electron chi connectivity index (χ2n) is 5.00. The highest BCUT2D eigenvalue weighted by molar-refractivity contribution is 7.14. The molecule has 0 aliphatic heterocycles. The van der Waals surface area contributed by atoms with Gasteiger partial charge in [-0.1, -0.05) is 30.3 Å². The summed E-state index contributed by atoms with van der Waals surface area (Å²) in [6.07, 6.45) is 1.77. The maximum Gasteiger partial charge on any atom is 0.269 e. The SMILES string of the molecule is CN(/N=C\c1ccccc1)c1nc(-c2ccc([N+](=O)[O-])cc2)cs1. The molecular weight excluding hydrogens is 324 g/mol. The summed E-state index contributed by atoms with van der Waals surface area (Å²) < 4.78 is 0. The van der Waals surface area contributed by atoms with Crippen molar-refractivity contribution < 1.29 is 4.92 Å². The van der Waals surface area contributed by atoms with Gasteiger partial charge in [0.2, 0.25) is 5.13 Å². The number of nitro benzene ring substituents is 1. The number of rotatable bonds is 5. The molecule has 6 nitrogen and oxygen atoms in total. The Bertz CT molecular complexity index is 860. The number of anilines is 1. The minimum absolute atomic E-state index is 0.0683. The van der Waals surface area contributed by atoms with Gasteiger partial charge in [0.15, 0.2) is 0 Å². The maximum atomic E-state index is 10.7. The van der Waals surface area contributed by atoms with Crippen molar-refractivity contribution in [2.45, 2.75) is 0 Å². The highest BCUT2D eigenvalue weighted by atomic mass is 32.1. The van der Waals surface area contributed by atoms with Gasteiger partial charge in [-0.25, -0.2) is 9.99 Å². The Hall–Kier alpha value is -3.06. The largest absolute Gasteiger partial charge is 0.269 e. The highest BCUT2D eigenvalue weighted by Gasteiger charge is 2.10. The monoisotopic (exact) mass is 338 g/mol. The molecule has 0 atom stereocenters. The van der Waals surface area contributed by atoms with E-state index in [1.807, 2.05) is 42.8 Å². The van der Waals surface area contributed by atoms with Crippen molar-refractivity contribution in [3.63, 3.8) is 0 Å². The molecule has 0 fully saturated rings. The quantitative estimate of drug-likeness (QED) is 0.397. The topological polar surface area (TPSA) is 71.6 Å². The van der Waals surface area contributed by atoms with E-state index in [2.05, 4.69) is 10.1 Å². The Kier molecular flexibility index (Phi) is 4.62. The molecule has 0 saturated carbocycles. The van der Waals surface area contributed by atoms with Crippen molar-refractivity contribution >= 4 is 28.4 Å². The molecular formula is C17H14N4O2S. The lowest BCUT2D eigenvalue weighted by Gasteiger charge is -2.07. The van der Waals surface area contributed by atoms with E-state index < -0.39 is 4.92 Å². The molecule has 0 amide bonds. The van der Waals surface area contributed by atoms with E-state index in [-0.39, 0.29) is 5.69 Å². The van der Waals surface area contributed by atoms with Crippen molar-refractivity contribution in [3.05, 3.63) is 75.7 Å². The van der Waals surface area contributed by atoms with Gasteiger partial charge in [0.05, 0.1) is 16.8 Å². The van der Waals surface area contributed by atoms with E-state index in [1.165, 1.54) is 23.5 Å². The van der Waals surface area contributed by atoms with Crippen LogP contribution >= 0.6 is 11.3 Å². The number of hydrogen-bond donors (Lipinski definition) is 0. The third kappa shape index (κ3) is 3.64. The maximum absolute atomic E-state index is 10.7. The van der Waals surface area contributed by atoms with E-state index in [4.69, 9.17) is 0 Å². The van der Waals surface area contributed by atoms with Crippen molar-refractivity contribution in [2.75, 3.05) is 12.1 Å². The second kappa shape index (κ2) is 7.01. The molecule has 0 aliphatic carbocycles. The Morgan fingerprint density at radius 2 is 1.88 bits per heavy atom. The minimum Gasteiger partial charge on any atom is -0.258 e. The fraction of sp³-hybridized carbons (Fsp3) is 0.0588. The molecule has 1 aromatic heterocycles. The lowest BCUT2D eigenvalue weighted by Crippen LogP contribution is -2.08. The van der Waals surface area contributed by atoms with Crippen LogP contribution in [0.25, 0.3) is 11.3 Å². The van der Waals surface area contributed by atoms with Gasteiger partial charge >= 0.3 is 0 Å². The van der Waals surface area contributed by atoms with Gasteiger partial charge in [0, 0.05) is 30.1 Å². The van der Waals surface area contributed by atoms with Crippen LogP contribution in [0.4, 0.5) is 10.8 Å². The number of nitro groups is 1. The molecule has 0 bridgehead atoms. The zero-order valence-electron chi connectivity index (χ0n) is 12.9. The van der Waals surface area contributed by atoms with Crippen LogP contribution in [0.2, 0.25) is 0 Å². The van der Waals surface area contributed by atoms with Crippen molar-refractivity contribution in [1.29, 1.82) is 0 Å². The van der Waals surface area contributed by atoms with Gasteiger partial charge < -0.3 is 0 Å². The first kappa shape index (κ1) is 15.8. The third-order valence-electron chi connectivity index (χ3n) is 3.32. The van der Waals surface area contributed by atoms with E-state index in [0.717, 1.165) is 22.0 Å². The van der Waals surface area contributed by atoms with Crippen LogP contribution in [0.5, 0.6) is 0 Å². The first-order valence-corrected chi connectivity index (χ1v) is 8.04. The zero-order valence-corrected chi connectivity index (χ0v) is 13.7. The van der Waals surface area contributed by atoms with E-state index in [1.54, 1.807) is 23.4 Å². The first-order valence-electron chi connectivity index (χ1n) is 7.16. The summed E-state index contributed by atoms with van der Waals surface area (Å²) in [5.41, 5.74) is 2.69. The van der Waals surface area contributed by atoms with Gasteiger partial charge in [-0.2, -0.15) is 5.10 Å². The molecule has 3 rings (SSSR count). The van der Waals surface area contributed by atoms with Crippen LogP contribution in [0.15, 0.2) is 65.1 Å². The molecule has 0 N–H and O–H groups in total. The Labute approximate surface area is 142 Å². The molecule has 7 heteroatoms. The van der Waals surface area contributed by atoms with Crippen LogP contribution in [0.1, 0.15) is 5.56 Å².